The molecule has 5 nitrogen and oxygen atoms in total. The largest absolute Gasteiger partial charge is 0.484 e. The lowest BCUT2D eigenvalue weighted by Gasteiger charge is -2.18. The molecule has 1 aromatic carbocycles. The first kappa shape index (κ1) is 17.2. The van der Waals surface area contributed by atoms with Crippen LogP contribution in [0.25, 0.3) is 0 Å². The maximum Gasteiger partial charge on any atom is 0.260 e. The molecule has 0 heterocycles. The summed E-state index contributed by atoms with van der Waals surface area (Å²) in [5.41, 5.74) is 5.97. The molecule has 0 aromatic heterocycles. The number of carbonyl (C=O) groups is 1. The van der Waals surface area contributed by atoms with Gasteiger partial charge in [-0.2, -0.15) is 0 Å². The van der Waals surface area contributed by atoms with Crippen LogP contribution >= 0.6 is 12.4 Å². The van der Waals surface area contributed by atoms with E-state index in [0.29, 0.717) is 24.4 Å². The molecule has 0 saturated carbocycles. The zero-order chi connectivity index (χ0) is 13.5. The van der Waals surface area contributed by atoms with E-state index in [9.17, 15) is 4.79 Å². The van der Waals surface area contributed by atoms with Crippen LogP contribution in [0.5, 0.6) is 5.75 Å². The highest BCUT2D eigenvalue weighted by atomic mass is 35.5. The number of hydrogen-bond donors (Lipinski definition) is 2. The molecule has 0 aliphatic heterocycles. The molecule has 1 rings (SSSR count). The highest BCUT2D eigenvalue weighted by Gasteiger charge is 2.10. The summed E-state index contributed by atoms with van der Waals surface area (Å²) in [6, 6.07) is 6.86. The molecule has 6 heteroatoms. The van der Waals surface area contributed by atoms with Gasteiger partial charge in [0, 0.05) is 18.7 Å². The smallest absolute Gasteiger partial charge is 0.260 e. The molecule has 19 heavy (non-hydrogen) atoms. The van der Waals surface area contributed by atoms with Crippen molar-refractivity contribution >= 4 is 24.1 Å². The third-order valence-corrected chi connectivity index (χ3v) is 2.62. The third-order valence-electron chi connectivity index (χ3n) is 2.62. The highest BCUT2D eigenvalue weighted by molar-refractivity contribution is 5.95. The number of ether oxygens (including phenoxy) is 1. The second-order valence-electron chi connectivity index (χ2n) is 3.80. The topological polar surface area (TPSA) is 79.4 Å². The van der Waals surface area contributed by atoms with Crippen molar-refractivity contribution in [3.05, 3.63) is 29.8 Å². The van der Waals surface area contributed by atoms with E-state index in [1.165, 1.54) is 0 Å². The fourth-order valence-electron chi connectivity index (χ4n) is 1.57. The van der Waals surface area contributed by atoms with Crippen molar-refractivity contribution in [2.75, 3.05) is 19.7 Å². The number of carbonyl (C=O) groups excluding carboxylic acids is 1. The van der Waals surface area contributed by atoms with Crippen molar-refractivity contribution in [1.82, 2.24) is 4.90 Å². The monoisotopic (exact) mass is 285 g/mol. The van der Waals surface area contributed by atoms with Crippen LogP contribution in [-0.2, 0) is 4.79 Å². The third kappa shape index (κ3) is 5.18. The van der Waals surface area contributed by atoms with Gasteiger partial charge in [0.1, 0.15) is 11.6 Å². The van der Waals surface area contributed by atoms with E-state index in [0.717, 1.165) is 0 Å². The Labute approximate surface area is 119 Å². The molecule has 0 saturated heterocycles. The molecule has 3 N–H and O–H groups in total. The van der Waals surface area contributed by atoms with E-state index in [2.05, 4.69) is 0 Å². The average Bonchev–Trinajstić information content (AvgIpc) is 2.38. The van der Waals surface area contributed by atoms with Crippen LogP contribution < -0.4 is 10.5 Å². The highest BCUT2D eigenvalue weighted by Crippen LogP contribution is 2.12. The van der Waals surface area contributed by atoms with Crippen LogP contribution in [0.15, 0.2) is 24.3 Å². The Morgan fingerprint density at radius 2 is 2.00 bits per heavy atom. The Bertz CT molecular complexity index is 434. The maximum atomic E-state index is 11.7. The van der Waals surface area contributed by atoms with Gasteiger partial charge in [0.2, 0.25) is 0 Å². The number of hydrogen-bond acceptors (Lipinski definition) is 3. The van der Waals surface area contributed by atoms with E-state index >= 15 is 0 Å². The number of nitrogens with one attached hydrogen (secondary N) is 1. The molecule has 0 radical (unpaired) electrons. The van der Waals surface area contributed by atoms with Crippen molar-refractivity contribution in [1.29, 1.82) is 5.41 Å². The summed E-state index contributed by atoms with van der Waals surface area (Å²) in [6.45, 7) is 5.21. The van der Waals surface area contributed by atoms with Crippen LogP contribution in [0.2, 0.25) is 0 Å². The van der Waals surface area contributed by atoms with Gasteiger partial charge in [0.25, 0.3) is 5.91 Å². The first-order valence-corrected chi connectivity index (χ1v) is 5.93. The summed E-state index contributed by atoms with van der Waals surface area (Å²) >= 11 is 0. The standard InChI is InChI=1S/C13H19N3O2.ClH/c1-3-16(4-2)12(17)9-18-11-7-5-6-10(8-11)13(14)15;/h5-8H,3-4,9H2,1-2H3,(H3,14,15);1H. The van der Waals surface area contributed by atoms with Gasteiger partial charge in [-0.25, -0.2) is 0 Å². The van der Waals surface area contributed by atoms with Crippen LogP contribution in [0.1, 0.15) is 19.4 Å². The van der Waals surface area contributed by atoms with E-state index < -0.39 is 0 Å². The predicted molar refractivity (Wildman–Crippen MR) is 78.1 cm³/mol. The fraction of sp³-hybridized carbons (Fsp3) is 0.385. The van der Waals surface area contributed by atoms with Crippen molar-refractivity contribution < 1.29 is 9.53 Å². The number of nitrogens with zero attached hydrogens (tertiary/aromatic N) is 1. The van der Waals surface area contributed by atoms with Crippen LogP contribution in [0.4, 0.5) is 0 Å². The van der Waals surface area contributed by atoms with E-state index in [4.69, 9.17) is 15.9 Å². The van der Waals surface area contributed by atoms with E-state index in [1.54, 1.807) is 29.2 Å². The number of rotatable bonds is 6. The lowest BCUT2D eigenvalue weighted by molar-refractivity contribution is -0.132. The Morgan fingerprint density at radius 3 is 2.53 bits per heavy atom. The van der Waals surface area contributed by atoms with Crippen LogP contribution in [0, 0.1) is 5.41 Å². The number of nitrogens with two attached hydrogens (primary N) is 1. The molecule has 1 amide bonds. The zero-order valence-electron chi connectivity index (χ0n) is 11.2. The molecule has 106 valence electrons. The number of likely N-dealkylation sites (N-methyl/N-ethyl adjacent to an activating group) is 1. The van der Waals surface area contributed by atoms with Crippen molar-refractivity contribution in [3.63, 3.8) is 0 Å². The molecule has 0 atom stereocenters. The molecular weight excluding hydrogens is 266 g/mol. The molecular formula is C13H20ClN3O2. The summed E-state index contributed by atoms with van der Waals surface area (Å²) in [5, 5.41) is 7.32. The van der Waals surface area contributed by atoms with Gasteiger partial charge >= 0.3 is 0 Å². The zero-order valence-corrected chi connectivity index (χ0v) is 12.0. The second-order valence-corrected chi connectivity index (χ2v) is 3.80. The molecule has 0 aliphatic carbocycles. The molecule has 0 unspecified atom stereocenters. The minimum absolute atomic E-state index is 0. The van der Waals surface area contributed by atoms with Crippen molar-refractivity contribution in [2.24, 2.45) is 5.73 Å². The minimum Gasteiger partial charge on any atom is -0.484 e. The lowest BCUT2D eigenvalue weighted by atomic mass is 10.2. The predicted octanol–water partition coefficient (Wildman–Crippen LogP) is 1.64. The number of benzene rings is 1. The van der Waals surface area contributed by atoms with Crippen LogP contribution in [-0.4, -0.2) is 36.3 Å². The Kier molecular flexibility index (Phi) is 7.60. The SMILES string of the molecule is CCN(CC)C(=O)COc1cccc(C(=N)N)c1.Cl. The Balaban J connectivity index is 0.00000324. The van der Waals surface area contributed by atoms with Gasteiger partial charge in [-0.1, -0.05) is 12.1 Å². The summed E-state index contributed by atoms with van der Waals surface area (Å²) in [5.74, 6) is 0.479. The molecule has 0 bridgehead atoms. The van der Waals surface area contributed by atoms with Gasteiger partial charge in [-0.3, -0.25) is 10.2 Å². The van der Waals surface area contributed by atoms with Crippen LogP contribution in [0.3, 0.4) is 0 Å². The first-order chi connectivity index (χ1) is 8.58. The van der Waals surface area contributed by atoms with Crippen molar-refractivity contribution in [3.8, 4) is 5.75 Å². The van der Waals surface area contributed by atoms with E-state index in [-0.39, 0.29) is 30.8 Å². The molecule has 0 aliphatic rings. The molecule has 0 fully saturated rings. The quantitative estimate of drug-likeness (QED) is 0.616. The van der Waals surface area contributed by atoms with Gasteiger partial charge in [0.15, 0.2) is 6.61 Å². The maximum absolute atomic E-state index is 11.7. The van der Waals surface area contributed by atoms with E-state index in [1.807, 2.05) is 13.8 Å². The van der Waals surface area contributed by atoms with Crippen molar-refractivity contribution in [2.45, 2.75) is 13.8 Å². The summed E-state index contributed by atoms with van der Waals surface area (Å²) < 4.78 is 5.40. The second kappa shape index (κ2) is 8.37. The Morgan fingerprint density at radius 1 is 1.37 bits per heavy atom. The summed E-state index contributed by atoms with van der Waals surface area (Å²) in [4.78, 5) is 13.4. The minimum atomic E-state index is -0.0479. The fourth-order valence-corrected chi connectivity index (χ4v) is 1.57. The lowest BCUT2D eigenvalue weighted by Crippen LogP contribution is -2.34. The molecule has 1 aromatic rings. The number of halogens is 1. The first-order valence-electron chi connectivity index (χ1n) is 5.93. The Hall–Kier alpha value is -1.75. The molecule has 0 spiro atoms. The number of nitrogen functional groups attached to an aromatic ring is 1. The summed E-state index contributed by atoms with van der Waals surface area (Å²) in [6.07, 6.45) is 0. The summed E-state index contributed by atoms with van der Waals surface area (Å²) in [7, 11) is 0. The van der Waals surface area contributed by atoms with Gasteiger partial charge < -0.3 is 15.4 Å². The number of amides is 1. The average molecular weight is 286 g/mol. The van der Waals surface area contributed by atoms with Gasteiger partial charge in [-0.05, 0) is 26.0 Å². The van der Waals surface area contributed by atoms with Gasteiger partial charge in [-0.15, -0.1) is 12.4 Å². The number of amidine groups is 1. The van der Waals surface area contributed by atoms with Gasteiger partial charge in [0.05, 0.1) is 0 Å². The normalized spacial score (nSPS) is 9.37.